The predicted molar refractivity (Wildman–Crippen MR) is 71.8 cm³/mol. The summed E-state index contributed by atoms with van der Waals surface area (Å²) in [5, 5.41) is 11.5. The van der Waals surface area contributed by atoms with Gasteiger partial charge in [-0.25, -0.2) is 0 Å². The number of hydrogen-bond acceptors (Lipinski definition) is 5. The van der Waals surface area contributed by atoms with Gasteiger partial charge in [0.15, 0.2) is 11.5 Å². The molecule has 0 radical (unpaired) electrons. The first kappa shape index (κ1) is 13.1. The zero-order valence-corrected chi connectivity index (χ0v) is 11.3. The van der Waals surface area contributed by atoms with Gasteiger partial charge in [0.2, 0.25) is 5.75 Å². The monoisotopic (exact) mass is 264 g/mol. The molecule has 0 spiro atoms. The van der Waals surface area contributed by atoms with Crippen LogP contribution in [0.5, 0.6) is 28.7 Å². The molecule has 2 aromatic rings. The topological polar surface area (TPSA) is 57.2 Å². The van der Waals surface area contributed by atoms with Gasteiger partial charge in [-0.05, 0) is 12.1 Å². The Morgan fingerprint density at radius 1 is 0.737 bits per heavy atom. The van der Waals surface area contributed by atoms with Crippen molar-refractivity contribution in [2.45, 2.75) is 0 Å². The number of phenols is 1. The molecule has 0 atom stereocenters. The Balaban J connectivity index is 2.89. The van der Waals surface area contributed by atoms with E-state index in [1.165, 1.54) is 14.2 Å². The molecule has 0 heterocycles. The van der Waals surface area contributed by atoms with E-state index in [9.17, 15) is 5.11 Å². The summed E-state index contributed by atoms with van der Waals surface area (Å²) in [6.07, 6.45) is 0. The molecule has 0 aliphatic rings. The molecule has 0 aliphatic carbocycles. The maximum Gasteiger partial charge on any atom is 0.201 e. The van der Waals surface area contributed by atoms with Gasteiger partial charge in [-0.3, -0.25) is 0 Å². The van der Waals surface area contributed by atoms with E-state index in [1.807, 2.05) is 0 Å². The second-order valence-corrected chi connectivity index (χ2v) is 3.89. The number of hydrogen-bond donors (Lipinski definition) is 1. The Labute approximate surface area is 111 Å². The van der Waals surface area contributed by atoms with Crippen LogP contribution in [0.3, 0.4) is 0 Å². The van der Waals surface area contributed by atoms with Gasteiger partial charge in [-0.15, -0.1) is 0 Å². The number of fused-ring (bicyclic) bond motifs is 1. The maximum absolute atomic E-state index is 10.1. The van der Waals surface area contributed by atoms with Crippen LogP contribution in [0.1, 0.15) is 0 Å². The van der Waals surface area contributed by atoms with E-state index in [4.69, 9.17) is 18.9 Å². The largest absolute Gasteiger partial charge is 0.502 e. The van der Waals surface area contributed by atoms with Gasteiger partial charge in [0.1, 0.15) is 11.5 Å². The molecule has 0 saturated heterocycles. The van der Waals surface area contributed by atoms with Crippen molar-refractivity contribution in [3.63, 3.8) is 0 Å². The number of benzene rings is 2. The smallest absolute Gasteiger partial charge is 0.201 e. The Morgan fingerprint density at radius 3 is 1.95 bits per heavy atom. The van der Waals surface area contributed by atoms with E-state index < -0.39 is 0 Å². The maximum atomic E-state index is 10.1. The summed E-state index contributed by atoms with van der Waals surface area (Å²) in [5.41, 5.74) is 0. The van der Waals surface area contributed by atoms with Crippen LogP contribution >= 0.6 is 0 Å². The van der Waals surface area contributed by atoms with E-state index in [-0.39, 0.29) is 5.75 Å². The number of rotatable bonds is 4. The van der Waals surface area contributed by atoms with Crippen molar-refractivity contribution in [2.24, 2.45) is 0 Å². The molecule has 2 aromatic carbocycles. The highest BCUT2D eigenvalue weighted by molar-refractivity contribution is 5.98. The molecule has 0 fully saturated rings. The van der Waals surface area contributed by atoms with Crippen LogP contribution in [0.4, 0.5) is 0 Å². The first-order valence-electron chi connectivity index (χ1n) is 5.66. The van der Waals surface area contributed by atoms with Crippen molar-refractivity contribution in [2.75, 3.05) is 28.4 Å². The van der Waals surface area contributed by atoms with Crippen LogP contribution in [0, 0.1) is 0 Å². The Bertz CT molecular complexity index is 607. The van der Waals surface area contributed by atoms with Gasteiger partial charge >= 0.3 is 0 Å². The highest BCUT2D eigenvalue weighted by Gasteiger charge is 2.17. The molecule has 0 amide bonds. The summed E-state index contributed by atoms with van der Waals surface area (Å²) in [7, 11) is 6.10. The fourth-order valence-corrected chi connectivity index (χ4v) is 2.03. The van der Waals surface area contributed by atoms with Gasteiger partial charge in [-0.1, -0.05) is 0 Å². The van der Waals surface area contributed by atoms with Gasteiger partial charge in [-0.2, -0.15) is 0 Å². The average Bonchev–Trinajstić information content (AvgIpc) is 2.45. The second-order valence-electron chi connectivity index (χ2n) is 3.89. The van der Waals surface area contributed by atoms with Crippen molar-refractivity contribution in [1.29, 1.82) is 0 Å². The summed E-state index contributed by atoms with van der Waals surface area (Å²) in [6, 6.07) is 5.24. The van der Waals surface area contributed by atoms with Crippen molar-refractivity contribution >= 4 is 10.8 Å². The molecule has 5 nitrogen and oxygen atoms in total. The van der Waals surface area contributed by atoms with Gasteiger partial charge in [0.25, 0.3) is 0 Å². The van der Waals surface area contributed by atoms with E-state index in [0.29, 0.717) is 28.4 Å². The predicted octanol–water partition coefficient (Wildman–Crippen LogP) is 2.58. The van der Waals surface area contributed by atoms with E-state index in [0.717, 1.165) is 5.39 Å². The third kappa shape index (κ3) is 2.07. The lowest BCUT2D eigenvalue weighted by atomic mass is 10.1. The molecule has 1 N–H and O–H groups in total. The molecule has 19 heavy (non-hydrogen) atoms. The lowest BCUT2D eigenvalue weighted by molar-refractivity contribution is 0.342. The molecule has 2 rings (SSSR count). The van der Waals surface area contributed by atoms with E-state index in [1.54, 1.807) is 32.4 Å². The standard InChI is InChI=1S/C14H16O5/c1-16-8-5-10-9(11(6-8)17-2)7-12(18-3)13(15)14(10)19-4/h5-7,15H,1-4H3. The van der Waals surface area contributed by atoms with Crippen molar-refractivity contribution in [1.82, 2.24) is 0 Å². The molecule has 0 saturated carbocycles. The minimum absolute atomic E-state index is 0.0483. The van der Waals surface area contributed by atoms with Gasteiger partial charge < -0.3 is 24.1 Å². The van der Waals surface area contributed by atoms with Crippen LogP contribution in [0.25, 0.3) is 10.8 Å². The fraction of sp³-hybridized carbons (Fsp3) is 0.286. The Kier molecular flexibility index (Phi) is 3.55. The minimum atomic E-state index is -0.0483. The van der Waals surface area contributed by atoms with Crippen molar-refractivity contribution < 1.29 is 24.1 Å². The van der Waals surface area contributed by atoms with Crippen LogP contribution in [-0.2, 0) is 0 Å². The number of aromatic hydroxyl groups is 1. The van der Waals surface area contributed by atoms with Crippen LogP contribution < -0.4 is 18.9 Å². The number of phenolic OH excluding ortho intramolecular Hbond substituents is 1. The van der Waals surface area contributed by atoms with Gasteiger partial charge in [0, 0.05) is 16.8 Å². The van der Waals surface area contributed by atoms with E-state index in [2.05, 4.69) is 0 Å². The first-order valence-corrected chi connectivity index (χ1v) is 5.66. The summed E-state index contributed by atoms with van der Waals surface area (Å²) in [6.45, 7) is 0. The molecular weight excluding hydrogens is 248 g/mol. The number of ether oxygens (including phenoxy) is 4. The zero-order valence-electron chi connectivity index (χ0n) is 11.3. The van der Waals surface area contributed by atoms with Crippen molar-refractivity contribution in [3.05, 3.63) is 18.2 Å². The quantitative estimate of drug-likeness (QED) is 0.919. The third-order valence-electron chi connectivity index (χ3n) is 2.96. The fourth-order valence-electron chi connectivity index (χ4n) is 2.03. The van der Waals surface area contributed by atoms with Crippen LogP contribution in [0.2, 0.25) is 0 Å². The molecule has 0 aliphatic heterocycles. The summed E-state index contributed by atoms with van der Waals surface area (Å²) in [5.74, 6) is 1.84. The van der Waals surface area contributed by atoms with E-state index >= 15 is 0 Å². The lowest BCUT2D eigenvalue weighted by Gasteiger charge is -2.15. The Morgan fingerprint density at radius 2 is 1.42 bits per heavy atom. The zero-order chi connectivity index (χ0) is 14.0. The highest BCUT2D eigenvalue weighted by Crippen LogP contribution is 2.46. The summed E-state index contributed by atoms with van der Waals surface area (Å²) >= 11 is 0. The molecule has 0 bridgehead atoms. The van der Waals surface area contributed by atoms with Crippen LogP contribution in [0.15, 0.2) is 18.2 Å². The normalized spacial score (nSPS) is 10.3. The molecule has 0 aromatic heterocycles. The van der Waals surface area contributed by atoms with Crippen molar-refractivity contribution in [3.8, 4) is 28.7 Å². The molecule has 102 valence electrons. The highest BCUT2D eigenvalue weighted by atomic mass is 16.5. The third-order valence-corrected chi connectivity index (χ3v) is 2.96. The average molecular weight is 264 g/mol. The minimum Gasteiger partial charge on any atom is -0.502 e. The lowest BCUT2D eigenvalue weighted by Crippen LogP contribution is -1.94. The number of methoxy groups -OCH3 is 4. The first-order chi connectivity index (χ1) is 9.15. The Hall–Kier alpha value is -2.30. The van der Waals surface area contributed by atoms with Gasteiger partial charge in [0.05, 0.1) is 28.4 Å². The SMILES string of the molecule is COc1cc(OC)c2cc(OC)c(O)c(OC)c2c1. The molecule has 0 unspecified atom stereocenters. The van der Waals surface area contributed by atoms with Crippen LogP contribution in [-0.4, -0.2) is 33.5 Å². The summed E-state index contributed by atoms with van der Waals surface area (Å²) < 4.78 is 20.9. The summed E-state index contributed by atoms with van der Waals surface area (Å²) in [4.78, 5) is 0. The second kappa shape index (κ2) is 5.14. The molecular formula is C14H16O5. The molecule has 5 heteroatoms.